The normalized spacial score (nSPS) is 14.2. The van der Waals surface area contributed by atoms with Crippen molar-refractivity contribution >= 4 is 6.09 Å². The number of methoxy groups -OCH3 is 1. The SMILES string of the molecule is COc1ccc(CNC(=O)OCc2ccccc2)cc1OCCN1CCN(Cc2ccc(F)cc2)CC1. The molecular formula is C29H34FN3O4. The molecule has 1 saturated heterocycles. The van der Waals surface area contributed by atoms with Crippen molar-refractivity contribution in [2.75, 3.05) is 46.4 Å². The molecule has 0 atom stereocenters. The molecule has 0 unspecified atom stereocenters. The second-order valence-corrected chi connectivity index (χ2v) is 8.99. The lowest BCUT2D eigenvalue weighted by Crippen LogP contribution is -2.47. The maximum absolute atomic E-state index is 13.1. The van der Waals surface area contributed by atoms with Gasteiger partial charge in [-0.2, -0.15) is 0 Å². The number of alkyl carbamates (subject to hydrolysis) is 1. The van der Waals surface area contributed by atoms with Gasteiger partial charge in [0, 0.05) is 45.8 Å². The summed E-state index contributed by atoms with van der Waals surface area (Å²) in [6.07, 6.45) is -0.472. The molecule has 196 valence electrons. The van der Waals surface area contributed by atoms with Gasteiger partial charge in [-0.1, -0.05) is 48.5 Å². The Hall–Kier alpha value is -3.62. The summed E-state index contributed by atoms with van der Waals surface area (Å²) in [5, 5.41) is 2.78. The molecule has 1 amide bonds. The number of halogens is 1. The van der Waals surface area contributed by atoms with E-state index in [0.29, 0.717) is 24.7 Å². The Balaban J connectivity index is 1.18. The molecule has 1 aliphatic rings. The fourth-order valence-corrected chi connectivity index (χ4v) is 4.20. The van der Waals surface area contributed by atoms with E-state index in [9.17, 15) is 9.18 Å². The summed E-state index contributed by atoms with van der Waals surface area (Å²) >= 11 is 0. The Bertz CT molecular complexity index is 1120. The number of ether oxygens (including phenoxy) is 3. The minimum atomic E-state index is -0.472. The van der Waals surface area contributed by atoms with Crippen LogP contribution < -0.4 is 14.8 Å². The summed E-state index contributed by atoms with van der Waals surface area (Å²) in [5.41, 5.74) is 2.96. The molecule has 1 fully saturated rings. The summed E-state index contributed by atoms with van der Waals surface area (Å²) in [7, 11) is 1.61. The number of nitrogens with zero attached hydrogens (tertiary/aromatic N) is 2. The number of benzene rings is 3. The zero-order valence-corrected chi connectivity index (χ0v) is 21.2. The zero-order chi connectivity index (χ0) is 25.9. The Morgan fingerprint density at radius 3 is 2.30 bits per heavy atom. The minimum absolute atomic E-state index is 0.201. The molecule has 0 aliphatic carbocycles. The number of nitrogens with one attached hydrogen (secondary N) is 1. The fraction of sp³-hybridized carbons (Fsp3) is 0.345. The Kier molecular flexibility index (Phi) is 9.74. The molecule has 1 N–H and O–H groups in total. The van der Waals surface area contributed by atoms with Crippen molar-refractivity contribution in [2.45, 2.75) is 19.7 Å². The molecule has 1 aliphatic heterocycles. The average Bonchev–Trinajstić information content (AvgIpc) is 2.93. The van der Waals surface area contributed by atoms with Crippen LogP contribution in [0, 0.1) is 5.82 Å². The molecular weight excluding hydrogens is 473 g/mol. The maximum Gasteiger partial charge on any atom is 0.407 e. The molecule has 3 aromatic carbocycles. The molecule has 0 saturated carbocycles. The van der Waals surface area contributed by atoms with Crippen LogP contribution in [0.25, 0.3) is 0 Å². The number of amides is 1. The third-order valence-electron chi connectivity index (χ3n) is 6.33. The van der Waals surface area contributed by atoms with E-state index in [-0.39, 0.29) is 12.4 Å². The van der Waals surface area contributed by atoms with Crippen LogP contribution >= 0.6 is 0 Å². The Labute approximate surface area is 217 Å². The van der Waals surface area contributed by atoms with E-state index in [2.05, 4.69) is 15.1 Å². The van der Waals surface area contributed by atoms with Crippen molar-refractivity contribution in [3.8, 4) is 11.5 Å². The van der Waals surface area contributed by atoms with Gasteiger partial charge in [-0.25, -0.2) is 9.18 Å². The first-order chi connectivity index (χ1) is 18.1. The molecule has 3 aromatic rings. The van der Waals surface area contributed by atoms with E-state index >= 15 is 0 Å². The van der Waals surface area contributed by atoms with Gasteiger partial charge >= 0.3 is 6.09 Å². The summed E-state index contributed by atoms with van der Waals surface area (Å²) in [6.45, 7) is 6.56. The minimum Gasteiger partial charge on any atom is -0.493 e. The molecule has 0 spiro atoms. The largest absolute Gasteiger partial charge is 0.493 e. The van der Waals surface area contributed by atoms with Crippen LogP contribution in [0.1, 0.15) is 16.7 Å². The Morgan fingerprint density at radius 1 is 0.865 bits per heavy atom. The molecule has 1 heterocycles. The second kappa shape index (κ2) is 13.6. The molecule has 0 bridgehead atoms. The van der Waals surface area contributed by atoms with E-state index in [0.717, 1.165) is 56.0 Å². The second-order valence-electron chi connectivity index (χ2n) is 8.99. The van der Waals surface area contributed by atoms with E-state index in [1.165, 1.54) is 12.1 Å². The van der Waals surface area contributed by atoms with Crippen molar-refractivity contribution in [3.05, 3.63) is 95.3 Å². The summed E-state index contributed by atoms with van der Waals surface area (Å²) < 4.78 is 29.9. The fourth-order valence-electron chi connectivity index (χ4n) is 4.20. The number of hydrogen-bond acceptors (Lipinski definition) is 6. The van der Waals surface area contributed by atoms with Gasteiger partial charge < -0.3 is 19.5 Å². The third kappa shape index (κ3) is 8.48. The summed E-state index contributed by atoms with van der Waals surface area (Å²) in [6, 6.07) is 21.9. The average molecular weight is 508 g/mol. The number of carbonyl (C=O) groups excluding carboxylic acids is 1. The summed E-state index contributed by atoms with van der Waals surface area (Å²) in [4.78, 5) is 16.8. The standard InChI is InChI=1S/C29H34FN3O4/c1-35-27-12-9-25(20-31-29(34)37-22-24-5-3-2-4-6-24)19-28(27)36-18-17-32-13-15-33(16-14-32)21-23-7-10-26(30)11-8-23/h2-12,19H,13-18,20-22H2,1H3,(H,31,34). The van der Waals surface area contributed by atoms with Crippen molar-refractivity contribution in [1.29, 1.82) is 0 Å². The monoisotopic (exact) mass is 507 g/mol. The van der Waals surface area contributed by atoms with Crippen LogP contribution in [0.4, 0.5) is 9.18 Å². The highest BCUT2D eigenvalue weighted by molar-refractivity contribution is 5.67. The van der Waals surface area contributed by atoms with Crippen molar-refractivity contribution in [1.82, 2.24) is 15.1 Å². The molecule has 7 nitrogen and oxygen atoms in total. The lowest BCUT2D eigenvalue weighted by atomic mass is 10.2. The predicted octanol–water partition coefficient (Wildman–Crippen LogP) is 4.46. The van der Waals surface area contributed by atoms with Crippen molar-refractivity contribution < 1.29 is 23.4 Å². The number of rotatable bonds is 11. The van der Waals surface area contributed by atoms with E-state index in [1.54, 1.807) is 7.11 Å². The van der Waals surface area contributed by atoms with Crippen LogP contribution in [0.2, 0.25) is 0 Å². The van der Waals surface area contributed by atoms with E-state index < -0.39 is 6.09 Å². The molecule has 8 heteroatoms. The molecule has 0 aromatic heterocycles. The lowest BCUT2D eigenvalue weighted by molar-refractivity contribution is 0.112. The highest BCUT2D eigenvalue weighted by atomic mass is 19.1. The van der Waals surface area contributed by atoms with Crippen LogP contribution in [0.5, 0.6) is 11.5 Å². The van der Waals surface area contributed by atoms with Gasteiger partial charge in [0.15, 0.2) is 11.5 Å². The summed E-state index contributed by atoms with van der Waals surface area (Å²) in [5.74, 6) is 1.10. The molecule has 37 heavy (non-hydrogen) atoms. The van der Waals surface area contributed by atoms with Gasteiger partial charge in [0.1, 0.15) is 19.0 Å². The van der Waals surface area contributed by atoms with Gasteiger partial charge in [0.2, 0.25) is 0 Å². The van der Waals surface area contributed by atoms with Gasteiger partial charge in [0.25, 0.3) is 0 Å². The number of piperazine rings is 1. The van der Waals surface area contributed by atoms with Crippen LogP contribution in [-0.4, -0.2) is 62.3 Å². The van der Waals surface area contributed by atoms with Crippen LogP contribution in [-0.2, 0) is 24.4 Å². The topological polar surface area (TPSA) is 63.3 Å². The van der Waals surface area contributed by atoms with Gasteiger partial charge in [-0.15, -0.1) is 0 Å². The highest BCUT2D eigenvalue weighted by Gasteiger charge is 2.17. The Morgan fingerprint density at radius 2 is 1.57 bits per heavy atom. The smallest absolute Gasteiger partial charge is 0.407 e. The number of hydrogen-bond donors (Lipinski definition) is 1. The van der Waals surface area contributed by atoms with E-state index in [4.69, 9.17) is 14.2 Å². The van der Waals surface area contributed by atoms with Gasteiger partial charge in [-0.3, -0.25) is 9.80 Å². The lowest BCUT2D eigenvalue weighted by Gasteiger charge is -2.34. The maximum atomic E-state index is 13.1. The van der Waals surface area contributed by atoms with Crippen molar-refractivity contribution in [3.63, 3.8) is 0 Å². The first kappa shape index (κ1) is 26.4. The number of carbonyl (C=O) groups is 1. The third-order valence-corrected chi connectivity index (χ3v) is 6.33. The van der Waals surface area contributed by atoms with Crippen LogP contribution in [0.3, 0.4) is 0 Å². The zero-order valence-electron chi connectivity index (χ0n) is 21.2. The van der Waals surface area contributed by atoms with Gasteiger partial charge in [-0.05, 0) is 41.0 Å². The quantitative estimate of drug-likeness (QED) is 0.414. The first-order valence-electron chi connectivity index (χ1n) is 12.5. The van der Waals surface area contributed by atoms with Gasteiger partial charge in [0.05, 0.1) is 7.11 Å². The first-order valence-corrected chi connectivity index (χ1v) is 12.5. The molecule has 0 radical (unpaired) electrons. The van der Waals surface area contributed by atoms with Crippen molar-refractivity contribution in [2.24, 2.45) is 0 Å². The van der Waals surface area contributed by atoms with Crippen LogP contribution in [0.15, 0.2) is 72.8 Å². The van der Waals surface area contributed by atoms with E-state index in [1.807, 2.05) is 60.7 Å². The molecule has 4 rings (SSSR count). The predicted molar refractivity (Wildman–Crippen MR) is 140 cm³/mol. The highest BCUT2D eigenvalue weighted by Crippen LogP contribution is 2.28.